The molecule has 4 nitrogen and oxygen atoms in total. The Morgan fingerprint density at radius 1 is 1.40 bits per heavy atom. The molecule has 1 rings (SSSR count). The van der Waals surface area contributed by atoms with E-state index in [0.29, 0.717) is 0 Å². The third kappa shape index (κ3) is 4.41. The number of carbonyl (C=O) groups excluding carboxylic acids is 1. The van der Waals surface area contributed by atoms with Crippen LogP contribution in [0.5, 0.6) is 0 Å². The molecule has 0 radical (unpaired) electrons. The number of aliphatic hydroxyl groups excluding tert-OH is 1. The molecular weight excluding hydrogens is 273 g/mol. The van der Waals surface area contributed by atoms with Crippen molar-refractivity contribution in [3.8, 4) is 0 Å². The van der Waals surface area contributed by atoms with Crippen LogP contribution in [0, 0.1) is 0 Å². The molecular formula is C13H17F3N2O2. The van der Waals surface area contributed by atoms with E-state index in [4.69, 9.17) is 0 Å². The maximum atomic E-state index is 12.8. The Labute approximate surface area is 115 Å². The molecule has 0 aliphatic heterocycles. The summed E-state index contributed by atoms with van der Waals surface area (Å²) in [5.41, 5.74) is -1.20. The lowest BCUT2D eigenvalue weighted by atomic mass is 10.1. The highest BCUT2D eigenvalue weighted by atomic mass is 19.4. The van der Waals surface area contributed by atoms with Gasteiger partial charge in [0.25, 0.3) is 0 Å². The lowest BCUT2D eigenvalue weighted by molar-refractivity contribution is -0.136. The van der Waals surface area contributed by atoms with Crippen LogP contribution in [0.1, 0.15) is 19.4 Å². The van der Waals surface area contributed by atoms with Gasteiger partial charge in [-0.15, -0.1) is 0 Å². The van der Waals surface area contributed by atoms with Crippen molar-refractivity contribution in [3.63, 3.8) is 0 Å². The van der Waals surface area contributed by atoms with Gasteiger partial charge in [0, 0.05) is 13.1 Å². The molecule has 2 amide bonds. The Hall–Kier alpha value is -1.76. The van der Waals surface area contributed by atoms with Crippen LogP contribution in [0.15, 0.2) is 24.3 Å². The molecule has 2 N–H and O–H groups in total. The zero-order chi connectivity index (χ0) is 15.3. The number of hydrogen-bond donors (Lipinski definition) is 2. The molecule has 1 unspecified atom stereocenters. The summed E-state index contributed by atoms with van der Waals surface area (Å²) in [4.78, 5) is 13.1. The fraction of sp³-hybridized carbons (Fsp3) is 0.462. The number of para-hydroxylation sites is 1. The van der Waals surface area contributed by atoms with Gasteiger partial charge < -0.3 is 15.3 Å². The van der Waals surface area contributed by atoms with E-state index in [-0.39, 0.29) is 18.8 Å². The Kier molecular flexibility index (Phi) is 5.38. The smallest absolute Gasteiger partial charge is 0.392 e. The average Bonchev–Trinajstić information content (AvgIpc) is 2.34. The number of carbonyl (C=O) groups is 1. The first-order valence-corrected chi connectivity index (χ1v) is 6.16. The number of aliphatic hydroxyl groups is 1. The predicted octanol–water partition coefficient (Wildman–Crippen LogP) is 2.94. The Balaban J connectivity index is 2.90. The molecule has 0 fully saturated rings. The molecule has 0 spiro atoms. The first kappa shape index (κ1) is 16.3. The topological polar surface area (TPSA) is 52.6 Å². The SMILES string of the molecule is CCN(CC(C)O)C(=O)Nc1ccccc1C(F)(F)F. The van der Waals surface area contributed by atoms with Gasteiger partial charge in [0.1, 0.15) is 0 Å². The van der Waals surface area contributed by atoms with Gasteiger partial charge in [-0.05, 0) is 26.0 Å². The van der Waals surface area contributed by atoms with Crippen LogP contribution in [0.3, 0.4) is 0 Å². The third-order valence-electron chi connectivity index (χ3n) is 2.63. The van der Waals surface area contributed by atoms with Gasteiger partial charge >= 0.3 is 12.2 Å². The zero-order valence-corrected chi connectivity index (χ0v) is 11.2. The predicted molar refractivity (Wildman–Crippen MR) is 69.4 cm³/mol. The quantitative estimate of drug-likeness (QED) is 0.895. The number of rotatable bonds is 4. The van der Waals surface area contributed by atoms with Crippen molar-refractivity contribution in [2.75, 3.05) is 18.4 Å². The number of alkyl halides is 3. The van der Waals surface area contributed by atoms with Crippen LogP contribution in [0.25, 0.3) is 0 Å². The molecule has 1 aromatic rings. The number of benzene rings is 1. The number of halogens is 3. The Bertz CT molecular complexity index is 461. The summed E-state index contributed by atoms with van der Waals surface area (Å²) in [6.45, 7) is 3.51. The molecule has 0 heterocycles. The third-order valence-corrected chi connectivity index (χ3v) is 2.63. The molecule has 0 aliphatic carbocycles. The molecule has 0 saturated carbocycles. The second-order valence-corrected chi connectivity index (χ2v) is 4.36. The maximum Gasteiger partial charge on any atom is 0.418 e. The molecule has 0 aliphatic rings. The lowest BCUT2D eigenvalue weighted by Gasteiger charge is -2.23. The van der Waals surface area contributed by atoms with E-state index in [1.54, 1.807) is 6.92 Å². The van der Waals surface area contributed by atoms with Gasteiger partial charge in [-0.2, -0.15) is 13.2 Å². The van der Waals surface area contributed by atoms with E-state index in [2.05, 4.69) is 5.32 Å². The second-order valence-electron chi connectivity index (χ2n) is 4.36. The highest BCUT2D eigenvalue weighted by Crippen LogP contribution is 2.34. The summed E-state index contributed by atoms with van der Waals surface area (Å²) in [7, 11) is 0. The van der Waals surface area contributed by atoms with Gasteiger partial charge in [-0.1, -0.05) is 12.1 Å². The van der Waals surface area contributed by atoms with E-state index in [1.807, 2.05) is 0 Å². The minimum absolute atomic E-state index is 0.0521. The van der Waals surface area contributed by atoms with Crippen molar-refractivity contribution in [2.45, 2.75) is 26.1 Å². The minimum atomic E-state index is -4.54. The molecule has 1 aromatic carbocycles. The first-order valence-electron chi connectivity index (χ1n) is 6.16. The van der Waals surface area contributed by atoms with Crippen LogP contribution < -0.4 is 5.32 Å². The van der Waals surface area contributed by atoms with Gasteiger partial charge in [0.15, 0.2) is 0 Å². The molecule has 7 heteroatoms. The number of nitrogens with zero attached hydrogens (tertiary/aromatic N) is 1. The fourth-order valence-electron chi connectivity index (χ4n) is 1.71. The highest BCUT2D eigenvalue weighted by Gasteiger charge is 2.33. The van der Waals surface area contributed by atoms with Gasteiger partial charge in [0.2, 0.25) is 0 Å². The number of nitrogens with one attached hydrogen (secondary N) is 1. The first-order chi connectivity index (χ1) is 9.25. The van der Waals surface area contributed by atoms with Gasteiger partial charge in [-0.25, -0.2) is 4.79 Å². The summed E-state index contributed by atoms with van der Waals surface area (Å²) >= 11 is 0. The standard InChI is InChI=1S/C13H17F3N2O2/c1-3-18(8-9(2)19)12(20)17-11-7-5-4-6-10(11)13(14,15)16/h4-7,9,19H,3,8H2,1-2H3,(H,17,20). The normalized spacial score (nSPS) is 12.9. The van der Waals surface area contributed by atoms with Gasteiger partial charge in [0.05, 0.1) is 17.4 Å². The molecule has 1 atom stereocenters. The molecule has 112 valence electrons. The van der Waals surface area contributed by atoms with Crippen LogP contribution in [-0.2, 0) is 6.18 Å². The van der Waals surface area contributed by atoms with E-state index in [9.17, 15) is 23.1 Å². The summed E-state index contributed by atoms with van der Waals surface area (Å²) < 4.78 is 38.4. The largest absolute Gasteiger partial charge is 0.418 e. The fourth-order valence-corrected chi connectivity index (χ4v) is 1.71. The van der Waals surface area contributed by atoms with Crippen LogP contribution >= 0.6 is 0 Å². The second kappa shape index (κ2) is 6.60. The number of likely N-dealkylation sites (N-methyl/N-ethyl adjacent to an activating group) is 1. The van der Waals surface area contributed by atoms with E-state index < -0.39 is 23.9 Å². The van der Waals surface area contributed by atoms with Crippen molar-refractivity contribution in [2.24, 2.45) is 0 Å². The molecule has 0 bridgehead atoms. The van der Waals surface area contributed by atoms with E-state index in [1.165, 1.54) is 30.0 Å². The lowest BCUT2D eigenvalue weighted by Crippen LogP contribution is -2.39. The molecule has 0 aromatic heterocycles. The molecule has 20 heavy (non-hydrogen) atoms. The summed E-state index contributed by atoms with van der Waals surface area (Å²) in [5.74, 6) is 0. The summed E-state index contributed by atoms with van der Waals surface area (Å²) in [6.07, 6.45) is -5.29. The minimum Gasteiger partial charge on any atom is -0.392 e. The van der Waals surface area contributed by atoms with Crippen LogP contribution in [-0.4, -0.2) is 35.2 Å². The number of amides is 2. The van der Waals surface area contributed by atoms with Gasteiger partial charge in [-0.3, -0.25) is 0 Å². The zero-order valence-electron chi connectivity index (χ0n) is 11.2. The highest BCUT2D eigenvalue weighted by molar-refractivity contribution is 5.90. The van der Waals surface area contributed by atoms with Crippen molar-refractivity contribution in [3.05, 3.63) is 29.8 Å². The number of anilines is 1. The summed E-state index contributed by atoms with van der Waals surface area (Å²) in [5, 5.41) is 11.5. The van der Waals surface area contributed by atoms with Crippen molar-refractivity contribution in [1.82, 2.24) is 4.90 Å². The Morgan fingerprint density at radius 3 is 2.50 bits per heavy atom. The number of hydrogen-bond acceptors (Lipinski definition) is 2. The van der Waals surface area contributed by atoms with Crippen molar-refractivity contribution in [1.29, 1.82) is 0 Å². The van der Waals surface area contributed by atoms with Crippen LogP contribution in [0.4, 0.5) is 23.7 Å². The van der Waals surface area contributed by atoms with E-state index >= 15 is 0 Å². The molecule has 0 saturated heterocycles. The average molecular weight is 290 g/mol. The maximum absolute atomic E-state index is 12.8. The van der Waals surface area contributed by atoms with Crippen molar-refractivity contribution < 1.29 is 23.1 Å². The number of urea groups is 1. The van der Waals surface area contributed by atoms with Crippen LogP contribution in [0.2, 0.25) is 0 Å². The van der Waals surface area contributed by atoms with Crippen molar-refractivity contribution >= 4 is 11.7 Å². The monoisotopic (exact) mass is 290 g/mol. The van der Waals surface area contributed by atoms with E-state index in [0.717, 1.165) is 6.07 Å². The Morgan fingerprint density at radius 2 is 2.00 bits per heavy atom. The summed E-state index contributed by atoms with van der Waals surface area (Å²) in [6, 6.07) is 4.09.